The highest BCUT2D eigenvalue weighted by molar-refractivity contribution is 6.16. The van der Waals surface area contributed by atoms with Crippen LogP contribution in [0.3, 0.4) is 0 Å². The minimum absolute atomic E-state index is 0.583. The molecule has 0 spiro atoms. The summed E-state index contributed by atoms with van der Waals surface area (Å²) in [4.78, 5) is 0. The van der Waals surface area contributed by atoms with Crippen molar-refractivity contribution >= 4 is 44.5 Å². The minimum Gasteiger partial charge on any atom is -0.0985 e. The summed E-state index contributed by atoms with van der Waals surface area (Å²) < 4.78 is 0. The zero-order chi connectivity index (χ0) is 28.5. The standard InChI is InChI=1S/C37H26.2C2H6/c1-2-23-17-19-31-34(21-23)36(30-16-8-12-25-10-4-6-14-28(25)30)37-32(20-18-26-22-33(26)37)35(31)29-15-7-11-24-9-3-5-13-27(24)29;2*1-2/h2-21,26,33H,1,22H2;2*1-2H3. The van der Waals surface area contributed by atoms with Crippen LogP contribution in [0.4, 0.5) is 0 Å². The fraction of sp³-hybridized carbons (Fsp3) is 0.171. The van der Waals surface area contributed by atoms with Gasteiger partial charge in [0.1, 0.15) is 0 Å². The van der Waals surface area contributed by atoms with Crippen LogP contribution in [0.2, 0.25) is 0 Å². The van der Waals surface area contributed by atoms with Gasteiger partial charge in [-0.3, -0.25) is 0 Å². The molecule has 1 saturated carbocycles. The van der Waals surface area contributed by atoms with Crippen molar-refractivity contribution in [2.24, 2.45) is 5.92 Å². The smallest absolute Gasteiger partial charge is 0.00234 e. The Balaban J connectivity index is 0.000000726. The maximum atomic E-state index is 4.11. The van der Waals surface area contributed by atoms with E-state index in [1.807, 2.05) is 33.8 Å². The van der Waals surface area contributed by atoms with Crippen LogP contribution in [-0.4, -0.2) is 0 Å². The van der Waals surface area contributed by atoms with E-state index in [-0.39, 0.29) is 0 Å². The molecule has 2 atom stereocenters. The van der Waals surface area contributed by atoms with Crippen molar-refractivity contribution in [2.75, 3.05) is 0 Å². The van der Waals surface area contributed by atoms with Crippen LogP contribution in [0, 0.1) is 5.92 Å². The van der Waals surface area contributed by atoms with Gasteiger partial charge in [-0.1, -0.05) is 150 Å². The van der Waals surface area contributed by atoms with Gasteiger partial charge in [0.15, 0.2) is 0 Å². The first-order valence-electron chi connectivity index (χ1n) is 15.2. The van der Waals surface area contributed by atoms with E-state index in [0.29, 0.717) is 11.8 Å². The lowest BCUT2D eigenvalue weighted by Crippen LogP contribution is -2.02. The van der Waals surface area contributed by atoms with Crippen molar-refractivity contribution in [3.05, 3.63) is 132 Å². The molecule has 2 unspecified atom stereocenters. The molecule has 0 nitrogen and oxygen atoms in total. The molecule has 0 heteroatoms. The Kier molecular flexibility index (Phi) is 7.33. The second-order valence-corrected chi connectivity index (χ2v) is 10.5. The highest BCUT2D eigenvalue weighted by Gasteiger charge is 2.43. The van der Waals surface area contributed by atoms with Crippen molar-refractivity contribution in [1.29, 1.82) is 0 Å². The lowest BCUT2D eigenvalue weighted by Gasteiger charge is -2.25. The second kappa shape index (κ2) is 11.2. The SMILES string of the molecule is C=Cc1ccc2c(-c3cccc4ccccc34)c3c(c(-c4cccc5ccccc45)c2c1)C1CC1C=C3.CC.CC. The van der Waals surface area contributed by atoms with Crippen LogP contribution < -0.4 is 0 Å². The number of fused-ring (bicyclic) bond motifs is 6. The average Bonchev–Trinajstić information content (AvgIpc) is 3.85. The average molecular weight is 531 g/mol. The summed E-state index contributed by atoms with van der Waals surface area (Å²) >= 11 is 0. The molecule has 2 aliphatic rings. The summed E-state index contributed by atoms with van der Waals surface area (Å²) in [5, 5.41) is 7.85. The molecule has 8 rings (SSSR count). The van der Waals surface area contributed by atoms with Crippen molar-refractivity contribution in [2.45, 2.75) is 40.0 Å². The van der Waals surface area contributed by atoms with Gasteiger partial charge in [-0.15, -0.1) is 0 Å². The lowest BCUT2D eigenvalue weighted by molar-refractivity contribution is 1.00. The Bertz CT molecular complexity index is 1920. The van der Waals surface area contributed by atoms with E-state index in [1.165, 1.54) is 72.1 Å². The van der Waals surface area contributed by atoms with E-state index >= 15 is 0 Å². The zero-order valence-corrected chi connectivity index (χ0v) is 24.6. The topological polar surface area (TPSA) is 0 Å². The number of hydrogen-bond acceptors (Lipinski definition) is 0. The molecule has 6 aromatic rings. The normalized spacial score (nSPS) is 16.2. The Morgan fingerprint density at radius 1 is 0.610 bits per heavy atom. The Hall–Kier alpha value is -4.42. The van der Waals surface area contributed by atoms with Crippen molar-refractivity contribution < 1.29 is 0 Å². The van der Waals surface area contributed by atoms with Crippen LogP contribution in [0.15, 0.2) is 116 Å². The molecular formula is C41H38. The van der Waals surface area contributed by atoms with E-state index in [0.717, 1.165) is 5.56 Å². The highest BCUT2D eigenvalue weighted by atomic mass is 14.5. The molecule has 41 heavy (non-hydrogen) atoms. The van der Waals surface area contributed by atoms with Gasteiger partial charge in [0, 0.05) is 0 Å². The second-order valence-electron chi connectivity index (χ2n) is 10.5. The molecule has 2 aliphatic carbocycles. The summed E-state index contributed by atoms with van der Waals surface area (Å²) in [5.74, 6) is 1.24. The summed E-state index contributed by atoms with van der Waals surface area (Å²) in [6.07, 6.45) is 8.10. The van der Waals surface area contributed by atoms with Crippen LogP contribution >= 0.6 is 0 Å². The fourth-order valence-corrected chi connectivity index (χ4v) is 6.68. The van der Waals surface area contributed by atoms with E-state index in [2.05, 4.69) is 122 Å². The lowest BCUT2D eigenvalue weighted by atomic mass is 9.78. The number of benzene rings is 6. The van der Waals surface area contributed by atoms with Gasteiger partial charge in [0.2, 0.25) is 0 Å². The zero-order valence-electron chi connectivity index (χ0n) is 24.6. The highest BCUT2D eigenvalue weighted by Crippen LogP contribution is 2.59. The van der Waals surface area contributed by atoms with Crippen molar-refractivity contribution in [3.63, 3.8) is 0 Å². The Morgan fingerprint density at radius 2 is 1.20 bits per heavy atom. The molecule has 0 radical (unpaired) electrons. The van der Waals surface area contributed by atoms with Gasteiger partial charge < -0.3 is 0 Å². The van der Waals surface area contributed by atoms with E-state index in [1.54, 1.807) is 0 Å². The minimum atomic E-state index is 0.583. The van der Waals surface area contributed by atoms with Gasteiger partial charge in [0.25, 0.3) is 0 Å². The van der Waals surface area contributed by atoms with Gasteiger partial charge in [0.05, 0.1) is 0 Å². The summed E-state index contributed by atoms with van der Waals surface area (Å²) in [5.41, 5.74) is 9.52. The number of rotatable bonds is 3. The molecule has 0 bridgehead atoms. The molecule has 0 saturated heterocycles. The third-order valence-corrected chi connectivity index (χ3v) is 8.49. The molecule has 0 N–H and O–H groups in total. The first kappa shape index (κ1) is 26.8. The van der Waals surface area contributed by atoms with Crippen LogP contribution in [0.25, 0.3) is 66.7 Å². The molecule has 0 amide bonds. The van der Waals surface area contributed by atoms with Crippen molar-refractivity contribution in [1.82, 2.24) is 0 Å². The molecule has 1 fully saturated rings. The van der Waals surface area contributed by atoms with E-state index in [4.69, 9.17) is 0 Å². The molecule has 0 heterocycles. The summed E-state index contributed by atoms with van der Waals surface area (Å²) in [7, 11) is 0. The van der Waals surface area contributed by atoms with Crippen LogP contribution in [-0.2, 0) is 0 Å². The van der Waals surface area contributed by atoms with Gasteiger partial charge >= 0.3 is 0 Å². The number of allylic oxidation sites excluding steroid dienone is 1. The molecule has 0 aliphatic heterocycles. The summed E-state index contributed by atoms with van der Waals surface area (Å²) in [6, 6.07) is 38.0. The molecule has 202 valence electrons. The quantitative estimate of drug-likeness (QED) is 0.213. The predicted molar refractivity (Wildman–Crippen MR) is 183 cm³/mol. The largest absolute Gasteiger partial charge is 0.0985 e. The molecular weight excluding hydrogens is 492 g/mol. The molecule has 6 aromatic carbocycles. The van der Waals surface area contributed by atoms with Crippen molar-refractivity contribution in [3.8, 4) is 22.3 Å². The fourth-order valence-electron chi connectivity index (χ4n) is 6.68. The predicted octanol–water partition coefficient (Wildman–Crippen LogP) is 12.3. The first-order chi connectivity index (χ1) is 20.3. The van der Waals surface area contributed by atoms with E-state index in [9.17, 15) is 0 Å². The first-order valence-corrected chi connectivity index (χ1v) is 15.2. The van der Waals surface area contributed by atoms with E-state index < -0.39 is 0 Å². The Morgan fingerprint density at radius 3 is 1.83 bits per heavy atom. The van der Waals surface area contributed by atoms with Gasteiger partial charge in [-0.05, 0) is 95.6 Å². The van der Waals surface area contributed by atoms with Gasteiger partial charge in [-0.2, -0.15) is 0 Å². The number of hydrogen-bond donors (Lipinski definition) is 0. The molecule has 0 aromatic heterocycles. The third-order valence-electron chi connectivity index (χ3n) is 8.49. The summed E-state index contributed by atoms with van der Waals surface area (Å²) in [6.45, 7) is 12.1. The van der Waals surface area contributed by atoms with Crippen LogP contribution in [0.5, 0.6) is 0 Å². The van der Waals surface area contributed by atoms with Gasteiger partial charge in [-0.25, -0.2) is 0 Å². The Labute approximate surface area is 244 Å². The monoisotopic (exact) mass is 530 g/mol. The maximum absolute atomic E-state index is 4.11. The third kappa shape index (κ3) is 4.39. The maximum Gasteiger partial charge on any atom is -0.00234 e. The van der Waals surface area contributed by atoms with Crippen LogP contribution in [0.1, 0.15) is 56.7 Å².